The number of hydrogen-bond acceptors (Lipinski definition) is 3. The van der Waals surface area contributed by atoms with Gasteiger partial charge in [0.2, 0.25) is 0 Å². The summed E-state index contributed by atoms with van der Waals surface area (Å²) in [6, 6.07) is 0. The maximum absolute atomic E-state index is 12.2. The first kappa shape index (κ1) is 6.70. The van der Waals surface area contributed by atoms with Crippen LogP contribution in [0.1, 0.15) is 6.92 Å². The first-order valence-electron chi connectivity index (χ1n) is 2.29. The van der Waals surface area contributed by atoms with Crippen LogP contribution in [0.25, 0.3) is 0 Å². The smallest absolute Gasteiger partial charge is 0.259 e. The molecule has 0 aromatic heterocycles. The lowest BCUT2D eigenvalue weighted by Gasteiger charge is -1.88. The molecule has 0 aromatic carbocycles. The van der Waals surface area contributed by atoms with Crippen LogP contribution in [0.3, 0.4) is 0 Å². The Kier molecular flexibility index (Phi) is 1.32. The molecule has 1 rings (SSSR count). The highest BCUT2D eigenvalue weighted by molar-refractivity contribution is 7.90. The van der Waals surface area contributed by atoms with Crippen molar-refractivity contribution in [2.45, 2.75) is 6.92 Å². The topological polar surface area (TPSA) is 43.4 Å². The first-order chi connectivity index (χ1) is 4.04. The molecule has 1 aliphatic heterocycles. The van der Waals surface area contributed by atoms with Crippen LogP contribution in [0.2, 0.25) is 0 Å². The van der Waals surface area contributed by atoms with Crippen molar-refractivity contribution in [3.63, 3.8) is 0 Å². The standard InChI is InChI=1S/C4H5FO3S/c1-3-4(5)2-8-9(3,6)7/h2H2,1H3. The van der Waals surface area contributed by atoms with Gasteiger partial charge in [-0.1, -0.05) is 0 Å². The van der Waals surface area contributed by atoms with Crippen molar-refractivity contribution in [2.75, 3.05) is 6.61 Å². The molecule has 0 fully saturated rings. The minimum Gasteiger partial charge on any atom is -0.259 e. The normalized spacial score (nSPS) is 25.1. The zero-order valence-electron chi connectivity index (χ0n) is 4.72. The second kappa shape index (κ2) is 1.78. The Balaban J connectivity index is 3.17. The Bertz CT molecular complexity index is 251. The fourth-order valence-corrected chi connectivity index (χ4v) is 1.22. The van der Waals surface area contributed by atoms with E-state index in [-0.39, 0.29) is 4.91 Å². The lowest BCUT2D eigenvalue weighted by atomic mass is 10.5. The minimum absolute atomic E-state index is 0.303. The Morgan fingerprint density at radius 3 is 2.33 bits per heavy atom. The number of allylic oxidation sites excluding steroid dienone is 1. The average Bonchev–Trinajstić information content (AvgIpc) is 1.97. The van der Waals surface area contributed by atoms with Gasteiger partial charge in [-0.15, -0.1) is 0 Å². The first-order valence-corrected chi connectivity index (χ1v) is 3.69. The second-order valence-corrected chi connectivity index (χ2v) is 3.43. The third-order valence-electron chi connectivity index (χ3n) is 1.10. The van der Waals surface area contributed by atoms with Gasteiger partial charge in [0.15, 0.2) is 0 Å². The molecule has 0 radical (unpaired) electrons. The monoisotopic (exact) mass is 152 g/mol. The predicted octanol–water partition coefficient (Wildman–Crippen LogP) is 0.547. The average molecular weight is 152 g/mol. The van der Waals surface area contributed by atoms with Crippen LogP contribution in [0, 0.1) is 0 Å². The highest BCUT2D eigenvalue weighted by Gasteiger charge is 2.26. The molecule has 0 amide bonds. The van der Waals surface area contributed by atoms with Crippen molar-refractivity contribution in [3.05, 3.63) is 10.7 Å². The molecule has 0 aromatic rings. The summed E-state index contributed by atoms with van der Waals surface area (Å²) < 4.78 is 37.2. The van der Waals surface area contributed by atoms with Crippen molar-refractivity contribution in [1.29, 1.82) is 0 Å². The Morgan fingerprint density at radius 2 is 2.22 bits per heavy atom. The van der Waals surface area contributed by atoms with E-state index in [9.17, 15) is 12.8 Å². The zero-order valence-corrected chi connectivity index (χ0v) is 5.53. The van der Waals surface area contributed by atoms with E-state index in [1.54, 1.807) is 0 Å². The lowest BCUT2D eigenvalue weighted by Crippen LogP contribution is -1.97. The molecule has 0 atom stereocenters. The van der Waals surface area contributed by atoms with Crippen LogP contribution in [-0.4, -0.2) is 15.0 Å². The fraction of sp³-hybridized carbons (Fsp3) is 0.500. The molecule has 0 unspecified atom stereocenters. The van der Waals surface area contributed by atoms with E-state index in [4.69, 9.17) is 0 Å². The molecule has 0 bridgehead atoms. The van der Waals surface area contributed by atoms with Gasteiger partial charge >= 0.3 is 0 Å². The maximum atomic E-state index is 12.2. The summed E-state index contributed by atoms with van der Waals surface area (Å²) in [6.07, 6.45) is 0. The molecule has 1 aliphatic rings. The van der Waals surface area contributed by atoms with Crippen LogP contribution in [0.15, 0.2) is 10.7 Å². The summed E-state index contributed by atoms with van der Waals surface area (Å²) in [4.78, 5) is -0.303. The quantitative estimate of drug-likeness (QED) is 0.476. The van der Waals surface area contributed by atoms with E-state index in [1.165, 1.54) is 6.92 Å². The predicted molar refractivity (Wildman–Crippen MR) is 28.7 cm³/mol. The maximum Gasteiger partial charge on any atom is 0.295 e. The van der Waals surface area contributed by atoms with Crippen LogP contribution < -0.4 is 0 Å². The van der Waals surface area contributed by atoms with E-state index in [0.717, 1.165) is 0 Å². The molecule has 3 nitrogen and oxygen atoms in total. The van der Waals surface area contributed by atoms with Gasteiger partial charge in [-0.25, -0.2) is 4.39 Å². The van der Waals surface area contributed by atoms with Gasteiger partial charge in [0.25, 0.3) is 10.1 Å². The van der Waals surface area contributed by atoms with Crippen molar-refractivity contribution < 1.29 is 17.0 Å². The van der Waals surface area contributed by atoms with Crippen molar-refractivity contribution in [3.8, 4) is 0 Å². The van der Waals surface area contributed by atoms with Gasteiger partial charge in [-0.2, -0.15) is 8.42 Å². The Morgan fingerprint density at radius 1 is 1.67 bits per heavy atom. The molecule has 5 heteroatoms. The third-order valence-corrected chi connectivity index (χ3v) is 2.50. The molecule has 0 aliphatic carbocycles. The van der Waals surface area contributed by atoms with Gasteiger partial charge in [-0.3, -0.25) is 4.18 Å². The highest BCUT2D eigenvalue weighted by atomic mass is 32.2. The van der Waals surface area contributed by atoms with E-state index < -0.39 is 22.6 Å². The molecule has 0 N–H and O–H groups in total. The molecule has 0 spiro atoms. The van der Waals surface area contributed by atoms with Gasteiger partial charge in [0.05, 0.1) is 0 Å². The van der Waals surface area contributed by atoms with E-state index in [2.05, 4.69) is 4.18 Å². The van der Waals surface area contributed by atoms with Crippen LogP contribution in [0.5, 0.6) is 0 Å². The van der Waals surface area contributed by atoms with Crippen LogP contribution in [-0.2, 0) is 14.3 Å². The molecule has 9 heavy (non-hydrogen) atoms. The van der Waals surface area contributed by atoms with Crippen LogP contribution >= 0.6 is 0 Å². The molecular weight excluding hydrogens is 147 g/mol. The fourth-order valence-electron chi connectivity index (χ4n) is 0.455. The van der Waals surface area contributed by atoms with Crippen molar-refractivity contribution >= 4 is 10.1 Å². The highest BCUT2D eigenvalue weighted by Crippen LogP contribution is 2.22. The van der Waals surface area contributed by atoms with Crippen LogP contribution in [0.4, 0.5) is 4.39 Å². The third kappa shape index (κ3) is 0.972. The van der Waals surface area contributed by atoms with Crippen molar-refractivity contribution in [2.24, 2.45) is 0 Å². The van der Waals surface area contributed by atoms with Gasteiger partial charge in [-0.05, 0) is 6.92 Å². The number of hydrogen-bond donors (Lipinski definition) is 0. The Labute approximate surface area is 52.3 Å². The molecule has 52 valence electrons. The summed E-state index contributed by atoms with van der Waals surface area (Å²) >= 11 is 0. The summed E-state index contributed by atoms with van der Waals surface area (Å²) in [7, 11) is -3.67. The molecule has 1 heterocycles. The van der Waals surface area contributed by atoms with E-state index in [0.29, 0.717) is 0 Å². The summed E-state index contributed by atoms with van der Waals surface area (Å²) in [5.41, 5.74) is 0. The Hall–Kier alpha value is -0.420. The summed E-state index contributed by atoms with van der Waals surface area (Å²) in [5.74, 6) is -0.699. The summed E-state index contributed by atoms with van der Waals surface area (Å²) in [6.45, 7) is 0.742. The van der Waals surface area contributed by atoms with E-state index >= 15 is 0 Å². The largest absolute Gasteiger partial charge is 0.295 e. The number of halogens is 1. The molecule has 0 saturated heterocycles. The minimum atomic E-state index is -3.67. The van der Waals surface area contributed by atoms with Gasteiger partial charge in [0, 0.05) is 0 Å². The molecule has 0 saturated carbocycles. The zero-order chi connectivity index (χ0) is 7.07. The number of rotatable bonds is 0. The lowest BCUT2D eigenvalue weighted by molar-refractivity contribution is 0.342. The van der Waals surface area contributed by atoms with E-state index in [1.807, 2.05) is 0 Å². The van der Waals surface area contributed by atoms with Gasteiger partial charge in [0.1, 0.15) is 17.3 Å². The molecular formula is C4H5FO3S. The SMILES string of the molecule is CC1=C(F)COS1(=O)=O. The second-order valence-electron chi connectivity index (χ2n) is 1.68. The van der Waals surface area contributed by atoms with Gasteiger partial charge < -0.3 is 0 Å². The summed E-state index contributed by atoms with van der Waals surface area (Å²) in [5, 5.41) is 0. The van der Waals surface area contributed by atoms with Crippen molar-refractivity contribution in [1.82, 2.24) is 0 Å².